The van der Waals surface area contributed by atoms with Crippen molar-refractivity contribution in [2.45, 2.75) is 12.8 Å². The van der Waals surface area contributed by atoms with E-state index in [0.29, 0.717) is 0 Å². The van der Waals surface area contributed by atoms with E-state index in [1.54, 1.807) is 7.11 Å². The van der Waals surface area contributed by atoms with Gasteiger partial charge >= 0.3 is 0 Å². The Balaban J connectivity index is 2.17. The summed E-state index contributed by atoms with van der Waals surface area (Å²) in [5.74, 6) is 2.02. The number of methoxy groups -OCH3 is 1. The van der Waals surface area contributed by atoms with Crippen LogP contribution >= 0.6 is 0 Å². The van der Waals surface area contributed by atoms with E-state index < -0.39 is 0 Å². The van der Waals surface area contributed by atoms with Gasteiger partial charge in [0, 0.05) is 24.7 Å². The van der Waals surface area contributed by atoms with Crippen LogP contribution in [0.15, 0.2) is 24.3 Å². The fourth-order valence-electron chi connectivity index (χ4n) is 2.55. The summed E-state index contributed by atoms with van der Waals surface area (Å²) >= 11 is 0. The van der Waals surface area contributed by atoms with Gasteiger partial charge in [-0.1, -0.05) is 12.1 Å². The molecule has 2 aromatic rings. The number of rotatable bonds is 2. The van der Waals surface area contributed by atoms with Gasteiger partial charge in [0.05, 0.1) is 7.11 Å². The molecule has 0 spiro atoms. The van der Waals surface area contributed by atoms with Crippen molar-refractivity contribution in [2.24, 2.45) is 7.05 Å². The van der Waals surface area contributed by atoms with Crippen LogP contribution in [-0.4, -0.2) is 23.4 Å². The summed E-state index contributed by atoms with van der Waals surface area (Å²) in [6.45, 7) is 1.03. The normalized spacial score (nSPS) is 13.9. The van der Waals surface area contributed by atoms with Crippen LogP contribution in [0.5, 0.6) is 5.75 Å². The van der Waals surface area contributed by atoms with Crippen LogP contribution in [0.2, 0.25) is 0 Å². The maximum absolute atomic E-state index is 5.43. The lowest BCUT2D eigenvalue weighted by molar-refractivity contribution is 0.416. The molecule has 4 heteroatoms. The van der Waals surface area contributed by atoms with Gasteiger partial charge in [-0.15, -0.1) is 0 Å². The molecule has 4 nitrogen and oxygen atoms in total. The molecular formula is C14H17N3O. The van der Waals surface area contributed by atoms with Crippen molar-refractivity contribution < 1.29 is 4.74 Å². The molecule has 0 fully saturated rings. The van der Waals surface area contributed by atoms with Crippen LogP contribution in [0.25, 0.3) is 11.3 Å². The van der Waals surface area contributed by atoms with Crippen molar-refractivity contribution in [3.8, 4) is 17.0 Å². The summed E-state index contributed by atoms with van der Waals surface area (Å²) in [6, 6.07) is 8.05. The molecule has 1 aromatic carbocycles. The lowest BCUT2D eigenvalue weighted by Gasteiger charge is -2.15. The molecule has 0 amide bonds. The summed E-state index contributed by atoms with van der Waals surface area (Å²) in [7, 11) is 3.68. The number of aryl methyl sites for hydroxylation is 1. The van der Waals surface area contributed by atoms with Gasteiger partial charge < -0.3 is 10.1 Å². The highest BCUT2D eigenvalue weighted by Gasteiger charge is 2.21. The third kappa shape index (κ3) is 1.65. The molecule has 0 saturated heterocycles. The van der Waals surface area contributed by atoms with E-state index in [1.165, 1.54) is 5.56 Å². The maximum atomic E-state index is 5.43. The predicted octanol–water partition coefficient (Wildman–Crippen LogP) is 2.45. The zero-order valence-electron chi connectivity index (χ0n) is 10.7. The van der Waals surface area contributed by atoms with Crippen LogP contribution in [0.3, 0.4) is 0 Å². The molecule has 2 heterocycles. The monoisotopic (exact) mass is 243 g/mol. The fraction of sp³-hybridized carbons (Fsp3) is 0.357. The van der Waals surface area contributed by atoms with Crippen molar-refractivity contribution in [3.05, 3.63) is 29.8 Å². The van der Waals surface area contributed by atoms with Gasteiger partial charge in [-0.3, -0.25) is 4.68 Å². The zero-order chi connectivity index (χ0) is 12.5. The van der Waals surface area contributed by atoms with Gasteiger partial charge in [0.15, 0.2) is 0 Å². The minimum atomic E-state index is 0.879. The summed E-state index contributed by atoms with van der Waals surface area (Å²) in [6.07, 6.45) is 2.23. The number of hydrogen-bond donors (Lipinski definition) is 1. The first-order chi connectivity index (χ1) is 8.81. The second kappa shape index (κ2) is 4.37. The van der Waals surface area contributed by atoms with E-state index in [2.05, 4.69) is 16.5 Å². The predicted molar refractivity (Wildman–Crippen MR) is 72.0 cm³/mol. The summed E-state index contributed by atoms with van der Waals surface area (Å²) in [4.78, 5) is 0. The van der Waals surface area contributed by atoms with E-state index in [1.807, 2.05) is 29.9 Å². The van der Waals surface area contributed by atoms with Gasteiger partial charge in [0.25, 0.3) is 0 Å². The molecule has 0 radical (unpaired) electrons. The Kier molecular flexibility index (Phi) is 2.70. The van der Waals surface area contributed by atoms with E-state index in [-0.39, 0.29) is 0 Å². The smallest absolute Gasteiger partial charge is 0.128 e. The standard InChI is InChI=1S/C14H17N3O/c1-17-14-11(7-5-9-15-14)13(16-17)10-6-3-4-8-12(10)18-2/h3-4,6,8,15H,5,7,9H2,1-2H3. The van der Waals surface area contributed by atoms with Gasteiger partial charge in [-0.2, -0.15) is 5.10 Å². The van der Waals surface area contributed by atoms with Crippen LogP contribution in [0.1, 0.15) is 12.0 Å². The molecule has 1 N–H and O–H groups in total. The first-order valence-electron chi connectivity index (χ1n) is 6.24. The molecule has 1 aliphatic heterocycles. The average Bonchev–Trinajstić information content (AvgIpc) is 2.77. The first-order valence-corrected chi connectivity index (χ1v) is 6.24. The highest BCUT2D eigenvalue weighted by molar-refractivity contribution is 5.74. The van der Waals surface area contributed by atoms with Crippen molar-refractivity contribution in [2.75, 3.05) is 19.0 Å². The van der Waals surface area contributed by atoms with Crippen molar-refractivity contribution in [1.82, 2.24) is 9.78 Å². The van der Waals surface area contributed by atoms with Crippen LogP contribution in [-0.2, 0) is 13.5 Å². The molecule has 0 unspecified atom stereocenters. The lowest BCUT2D eigenvalue weighted by Crippen LogP contribution is -2.13. The van der Waals surface area contributed by atoms with Crippen molar-refractivity contribution in [3.63, 3.8) is 0 Å². The summed E-state index contributed by atoms with van der Waals surface area (Å²) in [5.41, 5.74) is 3.41. The topological polar surface area (TPSA) is 39.1 Å². The fourth-order valence-corrected chi connectivity index (χ4v) is 2.55. The second-order valence-corrected chi connectivity index (χ2v) is 4.53. The molecule has 0 atom stereocenters. The molecule has 1 aliphatic rings. The number of para-hydroxylation sites is 1. The molecule has 3 rings (SSSR count). The minimum Gasteiger partial charge on any atom is -0.496 e. The minimum absolute atomic E-state index is 0.879. The quantitative estimate of drug-likeness (QED) is 0.880. The number of benzene rings is 1. The number of hydrogen-bond acceptors (Lipinski definition) is 3. The number of nitrogens with one attached hydrogen (secondary N) is 1. The Morgan fingerprint density at radius 1 is 1.33 bits per heavy atom. The van der Waals surface area contributed by atoms with Crippen molar-refractivity contribution >= 4 is 5.82 Å². The highest BCUT2D eigenvalue weighted by Crippen LogP contribution is 2.36. The van der Waals surface area contributed by atoms with Crippen LogP contribution in [0, 0.1) is 0 Å². The van der Waals surface area contributed by atoms with E-state index >= 15 is 0 Å². The Bertz CT molecular complexity index is 574. The largest absolute Gasteiger partial charge is 0.496 e. The molecule has 18 heavy (non-hydrogen) atoms. The lowest BCUT2D eigenvalue weighted by atomic mass is 10.0. The molecular weight excluding hydrogens is 226 g/mol. The van der Waals surface area contributed by atoms with Gasteiger partial charge in [0.2, 0.25) is 0 Å². The van der Waals surface area contributed by atoms with E-state index in [0.717, 1.165) is 42.2 Å². The van der Waals surface area contributed by atoms with Gasteiger partial charge in [-0.05, 0) is 25.0 Å². The zero-order valence-corrected chi connectivity index (χ0v) is 10.7. The molecule has 1 aromatic heterocycles. The third-order valence-electron chi connectivity index (χ3n) is 3.40. The Morgan fingerprint density at radius 3 is 3.00 bits per heavy atom. The Morgan fingerprint density at radius 2 is 2.17 bits per heavy atom. The summed E-state index contributed by atoms with van der Waals surface area (Å²) < 4.78 is 7.36. The maximum Gasteiger partial charge on any atom is 0.128 e. The molecule has 0 aliphatic carbocycles. The van der Waals surface area contributed by atoms with E-state index in [4.69, 9.17) is 4.74 Å². The number of fused-ring (bicyclic) bond motifs is 1. The van der Waals surface area contributed by atoms with E-state index in [9.17, 15) is 0 Å². The Labute approximate surface area is 107 Å². The average molecular weight is 243 g/mol. The number of anilines is 1. The Hall–Kier alpha value is -1.97. The molecule has 0 bridgehead atoms. The molecule has 94 valence electrons. The molecule has 0 saturated carbocycles. The van der Waals surface area contributed by atoms with Crippen molar-refractivity contribution in [1.29, 1.82) is 0 Å². The SMILES string of the molecule is COc1ccccc1-c1nn(C)c2c1CCCN2. The third-order valence-corrected chi connectivity index (χ3v) is 3.40. The van der Waals surface area contributed by atoms with Gasteiger partial charge in [0.1, 0.15) is 17.3 Å². The number of ether oxygens (including phenoxy) is 1. The van der Waals surface area contributed by atoms with Crippen LogP contribution in [0.4, 0.5) is 5.82 Å². The number of nitrogens with zero attached hydrogens (tertiary/aromatic N) is 2. The first kappa shape index (κ1) is 11.1. The summed E-state index contributed by atoms with van der Waals surface area (Å²) in [5, 5.41) is 8.06. The highest BCUT2D eigenvalue weighted by atomic mass is 16.5. The number of aromatic nitrogens is 2. The van der Waals surface area contributed by atoms with Crippen LogP contribution < -0.4 is 10.1 Å². The second-order valence-electron chi connectivity index (χ2n) is 4.53. The van der Waals surface area contributed by atoms with Gasteiger partial charge in [-0.25, -0.2) is 0 Å².